The van der Waals surface area contributed by atoms with E-state index in [9.17, 15) is 13.2 Å². The molecule has 0 radical (unpaired) electrons. The summed E-state index contributed by atoms with van der Waals surface area (Å²) in [5, 5.41) is 6.55. The number of anilines is 1. The highest BCUT2D eigenvalue weighted by Crippen LogP contribution is 2.24. The van der Waals surface area contributed by atoms with E-state index in [-0.39, 0.29) is 17.3 Å². The van der Waals surface area contributed by atoms with Crippen LogP contribution >= 0.6 is 0 Å². The molecule has 0 saturated heterocycles. The summed E-state index contributed by atoms with van der Waals surface area (Å²) in [7, 11) is -3.70. The number of sulfonamides is 1. The first-order valence-electron chi connectivity index (χ1n) is 9.73. The van der Waals surface area contributed by atoms with E-state index in [1.165, 1.54) is 6.92 Å². The molecule has 0 aliphatic rings. The Morgan fingerprint density at radius 3 is 2.45 bits per heavy atom. The number of amides is 1. The molecular formula is C23H25N3O4S. The van der Waals surface area contributed by atoms with Gasteiger partial charge in [0.1, 0.15) is 11.4 Å². The van der Waals surface area contributed by atoms with Crippen molar-refractivity contribution in [2.45, 2.75) is 39.1 Å². The van der Waals surface area contributed by atoms with Crippen LogP contribution in [0.15, 0.2) is 51.9 Å². The molecule has 1 heterocycles. The highest BCUT2D eigenvalue weighted by Gasteiger charge is 2.17. The van der Waals surface area contributed by atoms with E-state index in [0.29, 0.717) is 28.3 Å². The topological polar surface area (TPSA) is 101 Å². The van der Waals surface area contributed by atoms with Crippen molar-refractivity contribution in [2.24, 2.45) is 0 Å². The van der Waals surface area contributed by atoms with E-state index >= 15 is 0 Å². The Labute approximate surface area is 182 Å². The molecule has 0 fully saturated rings. The summed E-state index contributed by atoms with van der Waals surface area (Å²) < 4.78 is 33.7. The minimum Gasteiger partial charge on any atom is -0.354 e. The minimum atomic E-state index is -3.70. The second-order valence-electron chi connectivity index (χ2n) is 7.36. The Kier molecular flexibility index (Phi) is 6.72. The molecule has 8 heteroatoms. The zero-order valence-corrected chi connectivity index (χ0v) is 18.7. The average Bonchev–Trinajstić information content (AvgIpc) is 3.06. The van der Waals surface area contributed by atoms with Crippen LogP contribution in [0.4, 0.5) is 5.69 Å². The number of carbonyl (C=O) groups is 1. The van der Waals surface area contributed by atoms with E-state index in [1.54, 1.807) is 38.1 Å². The molecule has 0 bridgehead atoms. The molecule has 162 valence electrons. The molecule has 1 amide bonds. The van der Waals surface area contributed by atoms with E-state index in [0.717, 1.165) is 11.1 Å². The Morgan fingerprint density at radius 1 is 1.06 bits per heavy atom. The Hall–Kier alpha value is -3.23. The summed E-state index contributed by atoms with van der Waals surface area (Å²) in [6.07, 6.45) is 3.36. The van der Waals surface area contributed by atoms with Crippen LogP contribution in [0.2, 0.25) is 0 Å². The zero-order valence-electron chi connectivity index (χ0n) is 17.9. The molecule has 0 atom stereocenters. The van der Waals surface area contributed by atoms with Crippen LogP contribution in [0.1, 0.15) is 40.6 Å². The van der Waals surface area contributed by atoms with Gasteiger partial charge in [-0.3, -0.25) is 4.79 Å². The predicted octanol–water partition coefficient (Wildman–Crippen LogP) is 4.21. The molecular weight excluding hydrogens is 414 g/mol. The summed E-state index contributed by atoms with van der Waals surface area (Å²) in [6, 6.07) is 12.9. The van der Waals surface area contributed by atoms with Crippen molar-refractivity contribution in [2.75, 3.05) is 5.32 Å². The van der Waals surface area contributed by atoms with Crippen molar-refractivity contribution in [1.29, 1.82) is 0 Å². The van der Waals surface area contributed by atoms with Gasteiger partial charge in [0.15, 0.2) is 5.76 Å². The number of aromatic nitrogens is 1. The van der Waals surface area contributed by atoms with Crippen LogP contribution < -0.4 is 10.0 Å². The molecule has 2 N–H and O–H groups in total. The van der Waals surface area contributed by atoms with Gasteiger partial charge in [-0.05, 0) is 49.6 Å². The molecule has 3 aromatic rings. The van der Waals surface area contributed by atoms with E-state index in [4.69, 9.17) is 4.52 Å². The quantitative estimate of drug-likeness (QED) is 0.574. The fourth-order valence-corrected chi connectivity index (χ4v) is 4.27. The molecule has 0 unspecified atom stereocenters. The maximum atomic E-state index is 12.9. The van der Waals surface area contributed by atoms with Gasteiger partial charge in [-0.2, -0.15) is 0 Å². The molecule has 0 aliphatic carbocycles. The lowest BCUT2D eigenvalue weighted by molar-refractivity contribution is -0.114. The lowest BCUT2D eigenvalue weighted by Crippen LogP contribution is -2.24. The molecule has 31 heavy (non-hydrogen) atoms. The normalized spacial score (nSPS) is 11.7. The first-order valence-corrected chi connectivity index (χ1v) is 11.2. The second kappa shape index (κ2) is 9.28. The molecule has 3 rings (SSSR count). The van der Waals surface area contributed by atoms with E-state index in [1.807, 2.05) is 37.3 Å². The summed E-state index contributed by atoms with van der Waals surface area (Å²) in [6.45, 7) is 7.07. The van der Waals surface area contributed by atoms with Crippen LogP contribution in [0, 0.1) is 20.8 Å². The van der Waals surface area contributed by atoms with E-state index in [2.05, 4.69) is 15.2 Å². The number of benzene rings is 2. The zero-order chi connectivity index (χ0) is 22.6. The van der Waals surface area contributed by atoms with Crippen LogP contribution in [-0.4, -0.2) is 19.5 Å². The van der Waals surface area contributed by atoms with Gasteiger partial charge in [0, 0.05) is 13.5 Å². The number of nitrogens with zero attached hydrogens (tertiary/aromatic N) is 1. The van der Waals surface area contributed by atoms with Crippen molar-refractivity contribution in [3.63, 3.8) is 0 Å². The highest BCUT2D eigenvalue weighted by molar-refractivity contribution is 7.89. The lowest BCUT2D eigenvalue weighted by Gasteiger charge is -2.10. The summed E-state index contributed by atoms with van der Waals surface area (Å²) in [4.78, 5) is 11.6. The Bertz CT molecular complexity index is 1230. The molecule has 0 saturated carbocycles. The fraction of sp³-hybridized carbons (Fsp3) is 0.217. The third-order valence-corrected chi connectivity index (χ3v) is 6.25. The maximum absolute atomic E-state index is 12.9. The van der Waals surface area contributed by atoms with Gasteiger partial charge in [-0.15, -0.1) is 0 Å². The van der Waals surface area contributed by atoms with Gasteiger partial charge in [0.05, 0.1) is 4.90 Å². The van der Waals surface area contributed by atoms with Gasteiger partial charge in [-0.1, -0.05) is 53.2 Å². The third kappa shape index (κ3) is 5.68. The van der Waals surface area contributed by atoms with Crippen LogP contribution in [0.25, 0.3) is 12.2 Å². The van der Waals surface area contributed by atoms with Gasteiger partial charge < -0.3 is 9.84 Å². The van der Waals surface area contributed by atoms with Crippen molar-refractivity contribution in [3.8, 4) is 0 Å². The number of aryl methyl sites for hydroxylation is 3. The number of hydrogen-bond acceptors (Lipinski definition) is 5. The Balaban J connectivity index is 1.82. The van der Waals surface area contributed by atoms with Gasteiger partial charge in [0.2, 0.25) is 15.9 Å². The monoisotopic (exact) mass is 439 g/mol. The van der Waals surface area contributed by atoms with E-state index < -0.39 is 10.0 Å². The van der Waals surface area contributed by atoms with Crippen molar-refractivity contribution >= 4 is 33.8 Å². The SMILES string of the molecule is CC(=O)Nc1c(C)noc1/C=C\c1ccc(C)c(S(=O)(=O)NCc2ccc(C)cc2)c1. The third-order valence-electron chi connectivity index (χ3n) is 4.71. The van der Waals surface area contributed by atoms with Gasteiger partial charge in [0.25, 0.3) is 0 Å². The van der Waals surface area contributed by atoms with Gasteiger partial charge in [-0.25, -0.2) is 13.1 Å². The number of hydrogen-bond donors (Lipinski definition) is 2. The highest BCUT2D eigenvalue weighted by atomic mass is 32.2. The van der Waals surface area contributed by atoms with Crippen LogP contribution in [0.5, 0.6) is 0 Å². The molecule has 1 aromatic heterocycles. The predicted molar refractivity (Wildman–Crippen MR) is 121 cm³/mol. The average molecular weight is 440 g/mol. The number of rotatable bonds is 7. The van der Waals surface area contributed by atoms with Crippen molar-refractivity contribution < 1.29 is 17.7 Å². The van der Waals surface area contributed by atoms with Crippen molar-refractivity contribution in [3.05, 3.63) is 76.2 Å². The van der Waals surface area contributed by atoms with Crippen LogP contribution in [0.3, 0.4) is 0 Å². The smallest absolute Gasteiger partial charge is 0.241 e. The maximum Gasteiger partial charge on any atom is 0.241 e. The fourth-order valence-electron chi connectivity index (χ4n) is 2.97. The number of nitrogens with one attached hydrogen (secondary N) is 2. The number of carbonyl (C=O) groups excluding carboxylic acids is 1. The minimum absolute atomic E-state index is 0.206. The van der Waals surface area contributed by atoms with Gasteiger partial charge >= 0.3 is 0 Å². The standard InChI is InChI=1S/C23H25N3O4S/c1-15-5-8-20(9-6-15)14-24-31(28,29)22-13-19(10-7-16(22)2)11-12-21-23(25-18(4)27)17(3)26-30-21/h5-13,24H,14H2,1-4H3,(H,25,27)/b12-11-. The second-order valence-corrected chi connectivity index (χ2v) is 9.09. The largest absolute Gasteiger partial charge is 0.354 e. The first kappa shape index (κ1) is 22.5. The summed E-state index contributed by atoms with van der Waals surface area (Å²) >= 11 is 0. The molecule has 2 aromatic carbocycles. The van der Waals surface area contributed by atoms with Crippen LogP contribution in [-0.2, 0) is 21.4 Å². The Morgan fingerprint density at radius 2 is 1.77 bits per heavy atom. The summed E-state index contributed by atoms with van der Waals surface area (Å²) in [5.74, 6) is 0.152. The summed E-state index contributed by atoms with van der Waals surface area (Å²) in [5.41, 5.74) is 4.36. The van der Waals surface area contributed by atoms with Crippen molar-refractivity contribution in [1.82, 2.24) is 9.88 Å². The molecule has 0 aliphatic heterocycles. The molecule has 0 spiro atoms. The molecule has 7 nitrogen and oxygen atoms in total. The lowest BCUT2D eigenvalue weighted by atomic mass is 10.1. The first-order chi connectivity index (χ1) is 14.7.